The second kappa shape index (κ2) is 10.1. The number of fused-ring (bicyclic) bond motifs is 2. The van der Waals surface area contributed by atoms with Crippen LogP contribution in [-0.2, 0) is 16.0 Å². The summed E-state index contributed by atoms with van der Waals surface area (Å²) in [6.45, 7) is 0. The number of carbonyl (C=O) groups excluding carboxylic acids is 1. The van der Waals surface area contributed by atoms with E-state index >= 15 is 0 Å². The van der Waals surface area contributed by atoms with Crippen molar-refractivity contribution in [1.82, 2.24) is 15.3 Å². The number of aromatic amines is 1. The summed E-state index contributed by atoms with van der Waals surface area (Å²) >= 11 is 0. The number of nitrogens with zero attached hydrogens (tertiary/aromatic N) is 1. The monoisotopic (exact) mass is 480 g/mol. The molecule has 1 aromatic heterocycles. The molecule has 2 aliphatic carbocycles. The number of H-pyrrole nitrogens is 1. The van der Waals surface area contributed by atoms with Crippen LogP contribution in [0.2, 0.25) is 0 Å². The van der Waals surface area contributed by atoms with Crippen molar-refractivity contribution in [1.29, 1.82) is 0 Å². The topological polar surface area (TPSA) is 175 Å². The highest BCUT2D eigenvalue weighted by Gasteiger charge is 2.28. The quantitative estimate of drug-likeness (QED) is 0.344. The first kappa shape index (κ1) is 24.2. The number of carboxylic acid groups (broad SMARTS) is 2. The Labute approximate surface area is 201 Å². The standard InChI is InChI=1S/C25H28N4O6/c26-25-28-18-9-7-14(21(18)23(33)29-25)3-1-2-13-4-5-15-12-16(6-8-17(13)15)22(32)27-19(24(34)35)10-11-20(30)31/h4-6,8,12-14,19H,1-3,7,9-11H2,(H,27,32)(H,30,31)(H,34,35)(H3,26,28,29,33)/t13?,14?,19-/m0/s1. The highest BCUT2D eigenvalue weighted by molar-refractivity contribution is 5.97. The summed E-state index contributed by atoms with van der Waals surface area (Å²) in [6.07, 6.45) is 7.88. The fourth-order valence-electron chi connectivity index (χ4n) is 5.03. The maximum atomic E-state index is 12.6. The molecule has 10 heteroatoms. The molecule has 2 aliphatic rings. The Bertz CT molecular complexity index is 1250. The minimum absolute atomic E-state index is 0.139. The van der Waals surface area contributed by atoms with E-state index in [1.165, 1.54) is 0 Å². The number of carbonyl (C=O) groups is 3. The van der Waals surface area contributed by atoms with Gasteiger partial charge in [-0.25, -0.2) is 9.78 Å². The molecule has 0 fully saturated rings. The van der Waals surface area contributed by atoms with Crippen molar-refractivity contribution >= 4 is 29.9 Å². The molecule has 1 heterocycles. The van der Waals surface area contributed by atoms with Gasteiger partial charge in [-0.05, 0) is 61.3 Å². The Kier molecular flexibility index (Phi) is 6.99. The van der Waals surface area contributed by atoms with Crippen LogP contribution in [0.25, 0.3) is 6.08 Å². The first-order chi connectivity index (χ1) is 16.7. The molecule has 0 saturated heterocycles. The number of hydrogen-bond acceptors (Lipinski definition) is 6. The first-order valence-corrected chi connectivity index (χ1v) is 11.7. The lowest BCUT2D eigenvalue weighted by Crippen LogP contribution is -2.41. The molecular weight excluding hydrogens is 452 g/mol. The van der Waals surface area contributed by atoms with E-state index in [0.29, 0.717) is 5.56 Å². The number of carboxylic acids is 2. The predicted octanol–water partition coefficient (Wildman–Crippen LogP) is 2.41. The van der Waals surface area contributed by atoms with E-state index in [1.54, 1.807) is 12.1 Å². The van der Waals surface area contributed by atoms with Gasteiger partial charge in [0.05, 0.1) is 5.69 Å². The molecule has 6 N–H and O–H groups in total. The van der Waals surface area contributed by atoms with Crippen LogP contribution >= 0.6 is 0 Å². The van der Waals surface area contributed by atoms with E-state index in [-0.39, 0.29) is 36.2 Å². The molecule has 2 unspecified atom stereocenters. The Morgan fingerprint density at radius 1 is 1.23 bits per heavy atom. The highest BCUT2D eigenvalue weighted by atomic mass is 16.4. The number of aromatic nitrogens is 2. The molecule has 1 amide bonds. The Hall–Kier alpha value is -3.95. The van der Waals surface area contributed by atoms with E-state index in [0.717, 1.165) is 54.5 Å². The van der Waals surface area contributed by atoms with Crippen LogP contribution in [0.3, 0.4) is 0 Å². The van der Waals surface area contributed by atoms with Crippen LogP contribution in [0.5, 0.6) is 0 Å². The van der Waals surface area contributed by atoms with Crippen LogP contribution in [0, 0.1) is 0 Å². The van der Waals surface area contributed by atoms with E-state index < -0.39 is 23.9 Å². The minimum atomic E-state index is -1.27. The van der Waals surface area contributed by atoms with E-state index in [9.17, 15) is 24.3 Å². The van der Waals surface area contributed by atoms with Crippen LogP contribution in [0.15, 0.2) is 29.1 Å². The minimum Gasteiger partial charge on any atom is -0.481 e. The zero-order valence-electron chi connectivity index (χ0n) is 19.1. The largest absolute Gasteiger partial charge is 0.481 e. The molecule has 0 spiro atoms. The van der Waals surface area contributed by atoms with E-state index in [1.807, 2.05) is 12.1 Å². The van der Waals surface area contributed by atoms with Crippen molar-refractivity contribution in [3.63, 3.8) is 0 Å². The van der Waals surface area contributed by atoms with Crippen LogP contribution < -0.4 is 16.6 Å². The maximum Gasteiger partial charge on any atom is 0.326 e. The number of nitrogens with one attached hydrogen (secondary N) is 2. The van der Waals surface area contributed by atoms with Gasteiger partial charge >= 0.3 is 11.9 Å². The van der Waals surface area contributed by atoms with Gasteiger partial charge < -0.3 is 21.3 Å². The molecule has 4 rings (SSSR count). The van der Waals surface area contributed by atoms with Gasteiger partial charge in [-0.1, -0.05) is 24.6 Å². The number of amides is 1. The lowest BCUT2D eigenvalue weighted by molar-refractivity contribution is -0.140. The van der Waals surface area contributed by atoms with Gasteiger partial charge in [-0.2, -0.15) is 0 Å². The lowest BCUT2D eigenvalue weighted by atomic mass is 9.90. The third kappa shape index (κ3) is 5.42. The zero-order chi connectivity index (χ0) is 25.1. The number of anilines is 1. The molecular formula is C25H28N4O6. The lowest BCUT2D eigenvalue weighted by Gasteiger charge is -2.16. The molecule has 0 saturated carbocycles. The molecule has 0 aliphatic heterocycles. The second-order valence-electron chi connectivity index (χ2n) is 9.08. The number of nitrogens with two attached hydrogens (primary N) is 1. The zero-order valence-corrected chi connectivity index (χ0v) is 19.1. The molecule has 2 aromatic rings. The van der Waals surface area contributed by atoms with Gasteiger partial charge in [-0.3, -0.25) is 19.4 Å². The molecule has 3 atom stereocenters. The maximum absolute atomic E-state index is 12.6. The third-order valence-electron chi connectivity index (χ3n) is 6.76. The van der Waals surface area contributed by atoms with Gasteiger partial charge in [0, 0.05) is 23.5 Å². The SMILES string of the molecule is Nc1nc2c(c(=O)[nH]1)C(CCCC1C=Cc3cc(C(=O)N[C@@H](CCC(=O)O)C(=O)O)ccc31)CC2. The normalized spacial score (nSPS) is 18.6. The third-order valence-corrected chi connectivity index (χ3v) is 6.76. The molecule has 0 radical (unpaired) electrons. The number of rotatable bonds is 10. The molecule has 184 valence electrons. The number of hydrogen-bond donors (Lipinski definition) is 5. The summed E-state index contributed by atoms with van der Waals surface area (Å²) in [7, 11) is 0. The summed E-state index contributed by atoms with van der Waals surface area (Å²) in [5, 5.41) is 20.5. The molecule has 1 aromatic carbocycles. The van der Waals surface area contributed by atoms with Crippen molar-refractivity contribution < 1.29 is 24.6 Å². The van der Waals surface area contributed by atoms with Gasteiger partial charge in [0.2, 0.25) is 5.95 Å². The summed E-state index contributed by atoms with van der Waals surface area (Å²) < 4.78 is 0. The van der Waals surface area contributed by atoms with Gasteiger partial charge in [0.1, 0.15) is 6.04 Å². The Morgan fingerprint density at radius 2 is 2.03 bits per heavy atom. The average molecular weight is 481 g/mol. The van der Waals surface area contributed by atoms with E-state index in [4.69, 9.17) is 10.8 Å². The van der Waals surface area contributed by atoms with Crippen molar-refractivity contribution in [3.8, 4) is 0 Å². The van der Waals surface area contributed by atoms with Crippen LogP contribution in [-0.4, -0.2) is 44.1 Å². The molecule has 10 nitrogen and oxygen atoms in total. The van der Waals surface area contributed by atoms with E-state index in [2.05, 4.69) is 21.4 Å². The smallest absolute Gasteiger partial charge is 0.326 e. The number of allylic oxidation sites excluding steroid dienone is 1. The van der Waals surface area contributed by atoms with Gasteiger partial charge in [-0.15, -0.1) is 0 Å². The van der Waals surface area contributed by atoms with Crippen LogP contribution in [0.1, 0.15) is 83.1 Å². The summed E-state index contributed by atoms with van der Waals surface area (Å²) in [5.41, 5.74) is 9.41. The van der Waals surface area contributed by atoms with Gasteiger partial charge in [0.15, 0.2) is 0 Å². The summed E-state index contributed by atoms with van der Waals surface area (Å²) in [5.74, 6) is -2.40. The Balaban J connectivity index is 1.35. The number of aryl methyl sites for hydroxylation is 1. The van der Waals surface area contributed by atoms with Crippen molar-refractivity contribution in [2.24, 2.45) is 0 Å². The van der Waals surface area contributed by atoms with Crippen molar-refractivity contribution in [3.05, 3.63) is 62.6 Å². The van der Waals surface area contributed by atoms with Crippen LogP contribution in [0.4, 0.5) is 5.95 Å². The Morgan fingerprint density at radius 3 is 2.77 bits per heavy atom. The molecule has 0 bridgehead atoms. The summed E-state index contributed by atoms with van der Waals surface area (Å²) in [4.78, 5) is 53.8. The van der Waals surface area contributed by atoms with Crippen molar-refractivity contribution in [2.75, 3.05) is 5.73 Å². The fraction of sp³-hybridized carbons (Fsp3) is 0.400. The highest BCUT2D eigenvalue weighted by Crippen LogP contribution is 2.38. The number of aliphatic carboxylic acids is 2. The average Bonchev–Trinajstić information content (AvgIpc) is 3.40. The molecule has 35 heavy (non-hydrogen) atoms. The first-order valence-electron chi connectivity index (χ1n) is 11.7. The number of benzene rings is 1. The predicted molar refractivity (Wildman–Crippen MR) is 128 cm³/mol. The fourth-order valence-corrected chi connectivity index (χ4v) is 5.03. The van der Waals surface area contributed by atoms with Gasteiger partial charge in [0.25, 0.3) is 11.5 Å². The summed E-state index contributed by atoms with van der Waals surface area (Å²) in [6, 6.07) is 3.99. The number of nitrogen functional groups attached to an aromatic ring is 1. The second-order valence-corrected chi connectivity index (χ2v) is 9.08. The van der Waals surface area contributed by atoms with Crippen molar-refractivity contribution in [2.45, 2.75) is 62.8 Å².